The van der Waals surface area contributed by atoms with Crippen LogP contribution in [0.25, 0.3) is 10.8 Å². The number of sulfone groups is 1. The molecule has 0 unspecified atom stereocenters. The highest BCUT2D eigenvalue weighted by atomic mass is 32.2. The molecule has 0 heterocycles. The maximum Gasteiger partial charge on any atom is 0.261 e. The van der Waals surface area contributed by atoms with Gasteiger partial charge in [0.25, 0.3) is 10.0 Å². The predicted octanol–water partition coefficient (Wildman–Crippen LogP) is 3.19. The Morgan fingerprint density at radius 1 is 0.800 bits per heavy atom. The van der Waals surface area contributed by atoms with E-state index in [0.29, 0.717) is 11.3 Å². The van der Waals surface area contributed by atoms with E-state index in [2.05, 4.69) is 4.72 Å². The first-order valence-corrected chi connectivity index (χ1v) is 11.1. The second-order valence-electron chi connectivity index (χ2n) is 5.88. The summed E-state index contributed by atoms with van der Waals surface area (Å²) in [7, 11) is -6.96. The van der Waals surface area contributed by atoms with Gasteiger partial charge in [-0.2, -0.15) is 0 Å². The molecular formula is C18H17NO4S2. The van der Waals surface area contributed by atoms with E-state index in [-0.39, 0.29) is 10.6 Å². The molecule has 25 heavy (non-hydrogen) atoms. The van der Waals surface area contributed by atoms with Crippen LogP contribution >= 0.6 is 0 Å². The maximum absolute atomic E-state index is 12.6. The van der Waals surface area contributed by atoms with Crippen LogP contribution in [0.1, 0.15) is 5.56 Å². The quantitative estimate of drug-likeness (QED) is 0.743. The molecule has 5 nitrogen and oxygen atoms in total. The summed E-state index contributed by atoms with van der Waals surface area (Å²) in [4.78, 5) is 0.153. The van der Waals surface area contributed by atoms with E-state index in [4.69, 9.17) is 0 Å². The number of rotatable bonds is 5. The van der Waals surface area contributed by atoms with Gasteiger partial charge in [-0.25, -0.2) is 16.8 Å². The van der Waals surface area contributed by atoms with Gasteiger partial charge in [0, 0.05) is 11.9 Å². The molecule has 0 aliphatic rings. The van der Waals surface area contributed by atoms with Crippen molar-refractivity contribution in [2.24, 2.45) is 0 Å². The third-order valence-corrected chi connectivity index (χ3v) is 5.88. The van der Waals surface area contributed by atoms with Gasteiger partial charge >= 0.3 is 0 Å². The van der Waals surface area contributed by atoms with Crippen molar-refractivity contribution in [3.63, 3.8) is 0 Å². The Bertz CT molecular complexity index is 1140. The van der Waals surface area contributed by atoms with E-state index in [1.807, 2.05) is 24.3 Å². The molecule has 0 aliphatic heterocycles. The SMILES string of the molecule is CS(=O)(=O)Cc1cccc(NS(=O)(=O)c2ccc3ccccc3c2)c1. The first kappa shape index (κ1) is 17.4. The maximum atomic E-state index is 12.6. The van der Waals surface area contributed by atoms with Crippen molar-refractivity contribution in [1.29, 1.82) is 0 Å². The Morgan fingerprint density at radius 2 is 1.52 bits per heavy atom. The fourth-order valence-corrected chi connectivity index (χ4v) is 4.45. The zero-order chi connectivity index (χ0) is 18.1. The van der Waals surface area contributed by atoms with Crippen molar-refractivity contribution in [1.82, 2.24) is 0 Å². The molecule has 7 heteroatoms. The molecule has 3 aromatic carbocycles. The second-order valence-corrected chi connectivity index (χ2v) is 9.71. The lowest BCUT2D eigenvalue weighted by atomic mass is 10.1. The largest absolute Gasteiger partial charge is 0.280 e. The fraction of sp³-hybridized carbons (Fsp3) is 0.111. The highest BCUT2D eigenvalue weighted by molar-refractivity contribution is 7.92. The molecular weight excluding hydrogens is 358 g/mol. The van der Waals surface area contributed by atoms with Gasteiger partial charge in [-0.1, -0.05) is 42.5 Å². The molecule has 0 atom stereocenters. The van der Waals surface area contributed by atoms with E-state index in [1.165, 1.54) is 6.07 Å². The van der Waals surface area contributed by atoms with Crippen LogP contribution in [0.15, 0.2) is 71.6 Å². The molecule has 0 saturated carbocycles. The molecule has 3 aromatic rings. The van der Waals surface area contributed by atoms with E-state index >= 15 is 0 Å². The van der Waals surface area contributed by atoms with Crippen molar-refractivity contribution < 1.29 is 16.8 Å². The molecule has 0 aliphatic carbocycles. The third-order valence-electron chi connectivity index (χ3n) is 3.64. The van der Waals surface area contributed by atoms with Gasteiger partial charge in [0.15, 0.2) is 9.84 Å². The summed E-state index contributed by atoms with van der Waals surface area (Å²) in [6.45, 7) is 0. The molecule has 0 radical (unpaired) electrons. The summed E-state index contributed by atoms with van der Waals surface area (Å²) < 4.78 is 50.5. The van der Waals surface area contributed by atoms with E-state index in [9.17, 15) is 16.8 Å². The lowest BCUT2D eigenvalue weighted by molar-refractivity contribution is 0.600. The topological polar surface area (TPSA) is 80.3 Å². The summed E-state index contributed by atoms with van der Waals surface area (Å²) in [5.74, 6) is -0.140. The smallest absolute Gasteiger partial charge is 0.261 e. The average Bonchev–Trinajstić information content (AvgIpc) is 2.52. The van der Waals surface area contributed by atoms with Gasteiger partial charge in [0.2, 0.25) is 0 Å². The first-order valence-electron chi connectivity index (χ1n) is 7.51. The zero-order valence-electron chi connectivity index (χ0n) is 13.5. The minimum Gasteiger partial charge on any atom is -0.280 e. The Hall–Kier alpha value is -2.38. The normalized spacial score (nSPS) is 12.2. The van der Waals surface area contributed by atoms with Gasteiger partial charge in [0.05, 0.1) is 10.6 Å². The Kier molecular flexibility index (Phi) is 4.53. The molecule has 130 valence electrons. The van der Waals surface area contributed by atoms with Crippen LogP contribution in [0.4, 0.5) is 5.69 Å². The van der Waals surface area contributed by atoms with Gasteiger partial charge in [-0.3, -0.25) is 4.72 Å². The van der Waals surface area contributed by atoms with Gasteiger partial charge in [-0.15, -0.1) is 0 Å². The highest BCUT2D eigenvalue weighted by Gasteiger charge is 2.15. The number of sulfonamides is 1. The summed E-state index contributed by atoms with van der Waals surface area (Å²) in [6.07, 6.45) is 1.14. The van der Waals surface area contributed by atoms with E-state index in [1.54, 1.807) is 36.4 Å². The number of hydrogen-bond donors (Lipinski definition) is 1. The number of nitrogens with one attached hydrogen (secondary N) is 1. The van der Waals surface area contributed by atoms with Gasteiger partial charge in [-0.05, 0) is 40.6 Å². The molecule has 0 saturated heterocycles. The Balaban J connectivity index is 1.91. The van der Waals surface area contributed by atoms with Crippen LogP contribution in [0.5, 0.6) is 0 Å². The average molecular weight is 375 g/mol. The fourth-order valence-electron chi connectivity index (χ4n) is 2.58. The predicted molar refractivity (Wildman–Crippen MR) is 99.7 cm³/mol. The summed E-state index contributed by atoms with van der Waals surface area (Å²) in [5, 5.41) is 1.79. The minimum atomic E-state index is -3.76. The number of benzene rings is 3. The number of anilines is 1. The van der Waals surface area contributed by atoms with Crippen molar-refractivity contribution >= 4 is 36.3 Å². The zero-order valence-corrected chi connectivity index (χ0v) is 15.1. The Labute approximate surface area is 147 Å². The Morgan fingerprint density at radius 3 is 2.24 bits per heavy atom. The standard InChI is InChI=1S/C18H17NO4S2/c1-24(20,21)13-14-5-4-8-17(11-14)19-25(22,23)18-10-9-15-6-2-3-7-16(15)12-18/h2-12,19H,13H2,1H3. The lowest BCUT2D eigenvalue weighted by Crippen LogP contribution is -2.13. The van der Waals surface area contributed by atoms with Crippen LogP contribution < -0.4 is 4.72 Å². The molecule has 0 amide bonds. The first-order chi connectivity index (χ1) is 11.7. The summed E-state index contributed by atoms with van der Waals surface area (Å²) >= 11 is 0. The molecule has 0 spiro atoms. The summed E-state index contributed by atoms with van der Waals surface area (Å²) in [5.41, 5.74) is 0.857. The van der Waals surface area contributed by atoms with Gasteiger partial charge < -0.3 is 0 Å². The van der Waals surface area contributed by atoms with Crippen molar-refractivity contribution in [2.45, 2.75) is 10.6 Å². The highest BCUT2D eigenvalue weighted by Crippen LogP contribution is 2.22. The monoisotopic (exact) mass is 375 g/mol. The van der Waals surface area contributed by atoms with Crippen LogP contribution in [0, 0.1) is 0 Å². The minimum absolute atomic E-state index is 0.140. The van der Waals surface area contributed by atoms with Crippen LogP contribution in [-0.2, 0) is 25.6 Å². The molecule has 3 rings (SSSR count). The van der Waals surface area contributed by atoms with Crippen molar-refractivity contribution in [2.75, 3.05) is 11.0 Å². The summed E-state index contributed by atoms with van der Waals surface area (Å²) in [6, 6.07) is 18.8. The lowest BCUT2D eigenvalue weighted by Gasteiger charge is -2.10. The van der Waals surface area contributed by atoms with Crippen LogP contribution in [-0.4, -0.2) is 23.1 Å². The number of hydrogen-bond acceptors (Lipinski definition) is 4. The third kappa shape index (κ3) is 4.37. The van der Waals surface area contributed by atoms with Crippen molar-refractivity contribution in [3.8, 4) is 0 Å². The molecule has 0 aromatic heterocycles. The molecule has 1 N–H and O–H groups in total. The van der Waals surface area contributed by atoms with Crippen LogP contribution in [0.2, 0.25) is 0 Å². The molecule has 0 bridgehead atoms. The number of fused-ring (bicyclic) bond motifs is 1. The molecule has 0 fully saturated rings. The van der Waals surface area contributed by atoms with Gasteiger partial charge in [0.1, 0.15) is 0 Å². The van der Waals surface area contributed by atoms with Crippen LogP contribution in [0.3, 0.4) is 0 Å². The second kappa shape index (κ2) is 6.50. The van der Waals surface area contributed by atoms with E-state index in [0.717, 1.165) is 17.0 Å². The van der Waals surface area contributed by atoms with E-state index < -0.39 is 19.9 Å². The van der Waals surface area contributed by atoms with Crippen molar-refractivity contribution in [3.05, 3.63) is 72.3 Å².